The highest BCUT2D eigenvalue weighted by Gasteiger charge is 2.47. The lowest BCUT2D eigenvalue weighted by atomic mass is 10.1. The first kappa shape index (κ1) is 15.3. The van der Waals surface area contributed by atoms with Gasteiger partial charge in [0.2, 0.25) is 5.91 Å². The first-order valence-electron chi connectivity index (χ1n) is 5.88. The van der Waals surface area contributed by atoms with E-state index in [9.17, 15) is 4.79 Å². The molecule has 1 saturated carbocycles. The Balaban J connectivity index is 0.00000162. The molecule has 1 amide bonds. The molecule has 1 fully saturated rings. The van der Waals surface area contributed by atoms with Gasteiger partial charge in [0.1, 0.15) is 0 Å². The number of amides is 1. The van der Waals surface area contributed by atoms with Crippen LogP contribution in [0.1, 0.15) is 25.3 Å². The monoisotopic (exact) mass is 288 g/mol. The van der Waals surface area contributed by atoms with Crippen LogP contribution in [0.4, 0.5) is 0 Å². The Morgan fingerprint density at radius 1 is 1.44 bits per heavy atom. The number of carbonyl (C=O) groups is 1. The number of halogens is 2. The zero-order chi connectivity index (χ0) is 12.5. The lowest BCUT2D eigenvalue weighted by Gasteiger charge is -2.24. The lowest BCUT2D eigenvalue weighted by Crippen LogP contribution is -2.45. The summed E-state index contributed by atoms with van der Waals surface area (Å²) in [5.74, 6) is 0.0416. The predicted molar refractivity (Wildman–Crippen MR) is 75.9 cm³/mol. The van der Waals surface area contributed by atoms with Crippen molar-refractivity contribution in [3.63, 3.8) is 0 Å². The molecule has 0 aromatic heterocycles. The van der Waals surface area contributed by atoms with Crippen LogP contribution < -0.4 is 5.73 Å². The molecule has 18 heavy (non-hydrogen) atoms. The van der Waals surface area contributed by atoms with Gasteiger partial charge in [0.15, 0.2) is 0 Å². The van der Waals surface area contributed by atoms with Crippen LogP contribution in [0.25, 0.3) is 0 Å². The minimum absolute atomic E-state index is 0. The fourth-order valence-electron chi connectivity index (χ4n) is 1.82. The highest BCUT2D eigenvalue weighted by Crippen LogP contribution is 2.34. The molecule has 0 heterocycles. The van der Waals surface area contributed by atoms with Crippen molar-refractivity contribution in [3.05, 3.63) is 34.9 Å². The molecule has 0 radical (unpaired) electrons. The van der Waals surface area contributed by atoms with Gasteiger partial charge in [0.25, 0.3) is 0 Å². The predicted octanol–water partition coefficient (Wildman–Crippen LogP) is 2.60. The van der Waals surface area contributed by atoms with Crippen LogP contribution in [-0.2, 0) is 11.3 Å². The summed E-state index contributed by atoms with van der Waals surface area (Å²) < 4.78 is 0. The van der Waals surface area contributed by atoms with E-state index in [-0.39, 0.29) is 18.3 Å². The molecule has 0 saturated heterocycles. The second-order valence-corrected chi connectivity index (χ2v) is 4.97. The van der Waals surface area contributed by atoms with Gasteiger partial charge in [-0.15, -0.1) is 12.4 Å². The van der Waals surface area contributed by atoms with Crippen molar-refractivity contribution in [1.82, 2.24) is 4.90 Å². The van der Waals surface area contributed by atoms with Crippen LogP contribution in [0.15, 0.2) is 24.3 Å². The van der Waals surface area contributed by atoms with Crippen LogP contribution in [-0.4, -0.2) is 22.9 Å². The fraction of sp³-hybridized carbons (Fsp3) is 0.462. The normalized spacial score (nSPS) is 15.7. The molecule has 0 atom stereocenters. The molecule has 5 heteroatoms. The number of benzene rings is 1. The molecular formula is C13H18Cl2N2O. The maximum atomic E-state index is 12.1. The number of likely N-dealkylation sites (N-methyl/N-ethyl adjacent to an activating group) is 1. The molecule has 2 N–H and O–H groups in total. The van der Waals surface area contributed by atoms with E-state index in [1.54, 1.807) is 4.90 Å². The number of carbonyl (C=O) groups excluding carboxylic acids is 1. The average Bonchev–Trinajstić information content (AvgIpc) is 3.07. The maximum absolute atomic E-state index is 12.1. The van der Waals surface area contributed by atoms with Crippen molar-refractivity contribution >= 4 is 29.9 Å². The third-order valence-electron chi connectivity index (χ3n) is 3.20. The Morgan fingerprint density at radius 3 is 2.56 bits per heavy atom. The average molecular weight is 289 g/mol. The number of rotatable bonds is 4. The molecule has 2 rings (SSSR count). The summed E-state index contributed by atoms with van der Waals surface area (Å²) in [6, 6.07) is 7.59. The SMILES string of the molecule is CCN(Cc1ccccc1Cl)C(=O)C1(N)CC1.Cl. The van der Waals surface area contributed by atoms with E-state index >= 15 is 0 Å². The number of hydrogen-bond acceptors (Lipinski definition) is 2. The molecule has 0 aliphatic heterocycles. The van der Waals surface area contributed by atoms with Gasteiger partial charge in [-0.2, -0.15) is 0 Å². The summed E-state index contributed by atoms with van der Waals surface area (Å²) in [4.78, 5) is 13.9. The molecule has 100 valence electrons. The molecule has 3 nitrogen and oxygen atoms in total. The van der Waals surface area contributed by atoms with Crippen LogP contribution in [0.3, 0.4) is 0 Å². The maximum Gasteiger partial charge on any atom is 0.242 e. The summed E-state index contributed by atoms with van der Waals surface area (Å²) in [5.41, 5.74) is 6.30. The van der Waals surface area contributed by atoms with Gasteiger partial charge >= 0.3 is 0 Å². The summed E-state index contributed by atoms with van der Waals surface area (Å²) in [6.45, 7) is 3.15. The van der Waals surface area contributed by atoms with Crippen molar-refractivity contribution in [2.24, 2.45) is 5.73 Å². The largest absolute Gasteiger partial charge is 0.337 e. The van der Waals surface area contributed by atoms with Crippen molar-refractivity contribution in [3.8, 4) is 0 Å². The Hall–Kier alpha value is -0.770. The number of hydrogen-bond donors (Lipinski definition) is 1. The van der Waals surface area contributed by atoms with E-state index in [1.165, 1.54) is 0 Å². The zero-order valence-electron chi connectivity index (χ0n) is 10.4. The lowest BCUT2D eigenvalue weighted by molar-refractivity contribution is -0.134. The van der Waals surface area contributed by atoms with Gasteiger partial charge in [-0.25, -0.2) is 0 Å². The van der Waals surface area contributed by atoms with Crippen molar-refractivity contribution in [1.29, 1.82) is 0 Å². The molecule has 1 aliphatic carbocycles. The van der Waals surface area contributed by atoms with Gasteiger partial charge in [-0.05, 0) is 31.4 Å². The standard InChI is InChI=1S/C13H17ClN2O.ClH/c1-2-16(12(17)13(15)7-8-13)9-10-5-3-4-6-11(10)14;/h3-6H,2,7-9,15H2,1H3;1H. The number of nitrogens with two attached hydrogens (primary N) is 1. The van der Waals surface area contributed by atoms with E-state index in [1.807, 2.05) is 31.2 Å². The van der Waals surface area contributed by atoms with Gasteiger partial charge in [-0.1, -0.05) is 29.8 Å². The third kappa shape index (κ3) is 3.16. The Bertz CT molecular complexity index is 433. The highest BCUT2D eigenvalue weighted by atomic mass is 35.5. The molecular weight excluding hydrogens is 271 g/mol. The van der Waals surface area contributed by atoms with Crippen LogP contribution in [0, 0.1) is 0 Å². The van der Waals surface area contributed by atoms with E-state index < -0.39 is 5.54 Å². The van der Waals surface area contributed by atoms with E-state index in [4.69, 9.17) is 17.3 Å². The fourth-order valence-corrected chi connectivity index (χ4v) is 2.02. The van der Waals surface area contributed by atoms with Crippen LogP contribution in [0.2, 0.25) is 5.02 Å². The van der Waals surface area contributed by atoms with Crippen LogP contribution in [0.5, 0.6) is 0 Å². The first-order valence-corrected chi connectivity index (χ1v) is 6.26. The van der Waals surface area contributed by atoms with Crippen molar-refractivity contribution < 1.29 is 4.79 Å². The smallest absolute Gasteiger partial charge is 0.242 e. The molecule has 1 aromatic carbocycles. The van der Waals surface area contributed by atoms with Crippen molar-refractivity contribution in [2.75, 3.05) is 6.54 Å². The summed E-state index contributed by atoms with van der Waals surface area (Å²) in [7, 11) is 0. The highest BCUT2D eigenvalue weighted by molar-refractivity contribution is 6.31. The van der Waals surface area contributed by atoms with Crippen LogP contribution >= 0.6 is 24.0 Å². The van der Waals surface area contributed by atoms with E-state index in [2.05, 4.69) is 0 Å². The van der Waals surface area contributed by atoms with E-state index in [0.29, 0.717) is 18.1 Å². The molecule has 1 aromatic rings. The topological polar surface area (TPSA) is 46.3 Å². The molecule has 1 aliphatic rings. The second kappa shape index (κ2) is 5.91. The van der Waals surface area contributed by atoms with Gasteiger partial charge < -0.3 is 10.6 Å². The minimum atomic E-state index is -0.600. The molecule has 0 unspecified atom stereocenters. The summed E-state index contributed by atoms with van der Waals surface area (Å²) in [5, 5.41) is 0.695. The van der Waals surface area contributed by atoms with Gasteiger partial charge in [0, 0.05) is 18.1 Å². The number of nitrogens with zero attached hydrogens (tertiary/aromatic N) is 1. The Labute approximate surface area is 119 Å². The quantitative estimate of drug-likeness (QED) is 0.926. The van der Waals surface area contributed by atoms with Gasteiger partial charge in [-0.3, -0.25) is 4.79 Å². The minimum Gasteiger partial charge on any atom is -0.337 e. The Kier molecular flexibility index (Phi) is 5.02. The summed E-state index contributed by atoms with van der Waals surface area (Å²) in [6.07, 6.45) is 1.59. The second-order valence-electron chi connectivity index (χ2n) is 4.57. The third-order valence-corrected chi connectivity index (χ3v) is 3.57. The first-order chi connectivity index (χ1) is 8.07. The molecule has 0 bridgehead atoms. The molecule has 0 spiro atoms. The summed E-state index contributed by atoms with van der Waals surface area (Å²) >= 11 is 6.09. The Morgan fingerprint density at radius 2 is 2.06 bits per heavy atom. The van der Waals surface area contributed by atoms with E-state index in [0.717, 1.165) is 18.4 Å². The van der Waals surface area contributed by atoms with Gasteiger partial charge in [0.05, 0.1) is 5.54 Å². The van der Waals surface area contributed by atoms with Crippen molar-refractivity contribution in [2.45, 2.75) is 31.8 Å². The zero-order valence-corrected chi connectivity index (χ0v) is 11.9.